The molecule has 2 aromatic rings. The summed E-state index contributed by atoms with van der Waals surface area (Å²) >= 11 is 0. The van der Waals surface area contributed by atoms with Crippen LogP contribution in [-0.2, 0) is 4.74 Å². The summed E-state index contributed by atoms with van der Waals surface area (Å²) in [5, 5.41) is 8.80. The first-order chi connectivity index (χ1) is 8.78. The first-order valence-electron chi connectivity index (χ1n) is 5.99. The molecule has 0 spiro atoms. The molecule has 1 fully saturated rings. The lowest BCUT2D eigenvalue weighted by molar-refractivity contribution is 0.0101. The zero-order chi connectivity index (χ0) is 12.5. The Morgan fingerprint density at radius 1 is 1.44 bits per heavy atom. The molecule has 0 bridgehead atoms. The highest BCUT2D eigenvalue weighted by atomic mass is 19.1. The summed E-state index contributed by atoms with van der Waals surface area (Å²) in [6.07, 6.45) is 2.96. The van der Waals surface area contributed by atoms with E-state index in [0.717, 1.165) is 19.3 Å². The van der Waals surface area contributed by atoms with Crippen molar-refractivity contribution in [3.63, 3.8) is 0 Å². The van der Waals surface area contributed by atoms with E-state index in [9.17, 15) is 4.39 Å². The van der Waals surface area contributed by atoms with Gasteiger partial charge in [0.25, 0.3) is 0 Å². The molecule has 1 aliphatic rings. The van der Waals surface area contributed by atoms with Crippen molar-refractivity contribution in [1.82, 2.24) is 9.97 Å². The molecule has 0 amide bonds. The highest BCUT2D eigenvalue weighted by molar-refractivity contribution is 5.77. The number of aromatic nitrogens is 2. The zero-order valence-electron chi connectivity index (χ0n) is 9.74. The van der Waals surface area contributed by atoms with E-state index in [1.54, 1.807) is 6.07 Å². The Kier molecular flexibility index (Phi) is 2.73. The lowest BCUT2D eigenvalue weighted by Crippen LogP contribution is -2.12. The number of hydrogen-bond acceptors (Lipinski definition) is 3. The Bertz CT molecular complexity index is 623. The van der Waals surface area contributed by atoms with Gasteiger partial charge in [0.05, 0.1) is 17.1 Å². The maximum absolute atomic E-state index is 13.7. The number of rotatable bonds is 1. The number of benzene rings is 1. The Morgan fingerprint density at radius 3 is 3.06 bits per heavy atom. The minimum atomic E-state index is -0.470. The van der Waals surface area contributed by atoms with Crippen LogP contribution in [0, 0.1) is 17.1 Å². The fraction of sp³-hybridized carbons (Fsp3) is 0.385. The fourth-order valence-electron chi connectivity index (χ4n) is 2.27. The van der Waals surface area contributed by atoms with Crippen molar-refractivity contribution in [3.8, 4) is 6.07 Å². The van der Waals surface area contributed by atoms with Gasteiger partial charge in [-0.2, -0.15) is 5.26 Å². The Morgan fingerprint density at radius 2 is 2.33 bits per heavy atom. The van der Waals surface area contributed by atoms with Crippen molar-refractivity contribution in [1.29, 1.82) is 5.26 Å². The van der Waals surface area contributed by atoms with Crippen LogP contribution in [0.1, 0.15) is 36.8 Å². The number of nitrogens with zero attached hydrogens (tertiary/aromatic N) is 2. The Balaban J connectivity index is 2.05. The summed E-state index contributed by atoms with van der Waals surface area (Å²) in [5.74, 6) is 0.182. The molecular weight excluding hydrogens is 233 g/mol. The third kappa shape index (κ3) is 1.85. The van der Waals surface area contributed by atoms with Gasteiger partial charge in [-0.3, -0.25) is 0 Å². The van der Waals surface area contributed by atoms with Crippen LogP contribution < -0.4 is 0 Å². The van der Waals surface area contributed by atoms with Gasteiger partial charge in [-0.1, -0.05) is 0 Å². The smallest absolute Gasteiger partial charge is 0.152 e. The van der Waals surface area contributed by atoms with Gasteiger partial charge in [0, 0.05) is 6.61 Å². The topological polar surface area (TPSA) is 61.7 Å². The second kappa shape index (κ2) is 4.39. The molecule has 1 aromatic carbocycles. The summed E-state index contributed by atoms with van der Waals surface area (Å²) in [5.41, 5.74) is 1.12. The van der Waals surface area contributed by atoms with Crippen molar-refractivity contribution in [2.24, 2.45) is 0 Å². The van der Waals surface area contributed by atoms with E-state index in [1.165, 1.54) is 6.07 Å². The predicted molar refractivity (Wildman–Crippen MR) is 63.3 cm³/mol. The molecule has 5 heteroatoms. The number of imidazole rings is 1. The Labute approximate surface area is 103 Å². The standard InChI is InChI=1S/C13H12FN3O/c14-9-5-8(7-15)6-10-12(9)17-13(16-10)11-3-1-2-4-18-11/h5-6,11H,1-4H2,(H,16,17). The molecular formula is C13H12FN3O. The summed E-state index contributed by atoms with van der Waals surface area (Å²) in [7, 11) is 0. The lowest BCUT2D eigenvalue weighted by atomic mass is 10.1. The van der Waals surface area contributed by atoms with Crippen LogP contribution >= 0.6 is 0 Å². The van der Waals surface area contributed by atoms with E-state index in [1.807, 2.05) is 6.07 Å². The fourth-order valence-corrected chi connectivity index (χ4v) is 2.27. The van der Waals surface area contributed by atoms with Gasteiger partial charge in [0.1, 0.15) is 17.4 Å². The van der Waals surface area contributed by atoms with Crippen molar-refractivity contribution >= 4 is 11.0 Å². The largest absolute Gasteiger partial charge is 0.370 e. The van der Waals surface area contributed by atoms with E-state index in [-0.39, 0.29) is 11.6 Å². The van der Waals surface area contributed by atoms with Crippen LogP contribution in [0.3, 0.4) is 0 Å². The number of halogens is 1. The number of ether oxygens (including phenoxy) is 1. The molecule has 1 aliphatic heterocycles. The van der Waals surface area contributed by atoms with Crippen LogP contribution in [0.25, 0.3) is 11.0 Å². The molecule has 3 rings (SSSR count). The second-order valence-corrected chi connectivity index (χ2v) is 4.44. The summed E-state index contributed by atoms with van der Waals surface area (Å²) in [6, 6.07) is 4.74. The minimum absolute atomic E-state index is 0.0870. The van der Waals surface area contributed by atoms with E-state index >= 15 is 0 Å². The molecule has 0 saturated carbocycles. The molecule has 92 valence electrons. The SMILES string of the molecule is N#Cc1cc(F)c2nc(C3CCCCO3)[nH]c2c1. The van der Waals surface area contributed by atoms with Crippen molar-refractivity contribution in [2.45, 2.75) is 25.4 Å². The number of nitriles is 1. The van der Waals surface area contributed by atoms with Gasteiger partial charge in [-0.25, -0.2) is 9.37 Å². The minimum Gasteiger partial charge on any atom is -0.370 e. The molecule has 1 N–H and O–H groups in total. The second-order valence-electron chi connectivity index (χ2n) is 4.44. The summed E-state index contributed by atoms with van der Waals surface area (Å²) < 4.78 is 19.3. The normalized spacial score (nSPS) is 19.9. The van der Waals surface area contributed by atoms with Crippen LogP contribution in [-0.4, -0.2) is 16.6 Å². The molecule has 0 aliphatic carbocycles. The quantitative estimate of drug-likeness (QED) is 0.840. The molecule has 2 heterocycles. The Hall–Kier alpha value is -1.93. The molecule has 4 nitrogen and oxygen atoms in total. The number of nitrogens with one attached hydrogen (secondary N) is 1. The maximum atomic E-state index is 13.7. The van der Waals surface area contributed by atoms with E-state index < -0.39 is 5.82 Å². The number of aromatic amines is 1. The van der Waals surface area contributed by atoms with Crippen LogP contribution in [0.5, 0.6) is 0 Å². The maximum Gasteiger partial charge on any atom is 0.152 e. The highest BCUT2D eigenvalue weighted by Gasteiger charge is 2.20. The average Bonchev–Trinajstić information content (AvgIpc) is 2.84. The molecule has 1 unspecified atom stereocenters. The van der Waals surface area contributed by atoms with Gasteiger partial charge < -0.3 is 9.72 Å². The zero-order valence-corrected chi connectivity index (χ0v) is 9.74. The molecule has 0 radical (unpaired) electrons. The molecule has 1 aromatic heterocycles. The monoisotopic (exact) mass is 245 g/mol. The predicted octanol–water partition coefficient (Wildman–Crippen LogP) is 2.82. The molecule has 18 heavy (non-hydrogen) atoms. The highest BCUT2D eigenvalue weighted by Crippen LogP contribution is 2.28. The van der Waals surface area contributed by atoms with Crippen LogP contribution in [0.2, 0.25) is 0 Å². The number of hydrogen-bond donors (Lipinski definition) is 1. The van der Waals surface area contributed by atoms with Gasteiger partial charge in [-0.15, -0.1) is 0 Å². The van der Waals surface area contributed by atoms with Crippen molar-refractivity contribution in [3.05, 3.63) is 29.3 Å². The first kappa shape index (κ1) is 11.2. The number of H-pyrrole nitrogens is 1. The van der Waals surface area contributed by atoms with Gasteiger partial charge in [0.2, 0.25) is 0 Å². The molecule has 1 saturated heterocycles. The van der Waals surface area contributed by atoms with Crippen molar-refractivity contribution < 1.29 is 9.13 Å². The van der Waals surface area contributed by atoms with Gasteiger partial charge in [0.15, 0.2) is 5.82 Å². The van der Waals surface area contributed by atoms with E-state index in [0.29, 0.717) is 23.5 Å². The average molecular weight is 245 g/mol. The number of fused-ring (bicyclic) bond motifs is 1. The lowest BCUT2D eigenvalue weighted by Gasteiger charge is -2.20. The third-order valence-corrected chi connectivity index (χ3v) is 3.17. The third-order valence-electron chi connectivity index (χ3n) is 3.17. The summed E-state index contributed by atoms with van der Waals surface area (Å²) in [6.45, 7) is 0.716. The first-order valence-corrected chi connectivity index (χ1v) is 5.99. The summed E-state index contributed by atoms with van der Waals surface area (Å²) in [4.78, 5) is 7.30. The van der Waals surface area contributed by atoms with E-state index in [2.05, 4.69) is 9.97 Å². The van der Waals surface area contributed by atoms with Gasteiger partial charge >= 0.3 is 0 Å². The molecule has 1 atom stereocenters. The van der Waals surface area contributed by atoms with E-state index in [4.69, 9.17) is 10.00 Å². The van der Waals surface area contributed by atoms with Crippen molar-refractivity contribution in [2.75, 3.05) is 6.61 Å². The van der Waals surface area contributed by atoms with Crippen LogP contribution in [0.4, 0.5) is 4.39 Å². The van der Waals surface area contributed by atoms with Crippen LogP contribution in [0.15, 0.2) is 12.1 Å². The van der Waals surface area contributed by atoms with Gasteiger partial charge in [-0.05, 0) is 31.4 Å².